The molecule has 5 rings (SSSR count). The Bertz CT molecular complexity index is 1640. The number of hydrogen-bond acceptors (Lipinski definition) is 6. The summed E-state index contributed by atoms with van der Waals surface area (Å²) in [6, 6.07) is 17.7. The van der Waals surface area contributed by atoms with Crippen LogP contribution in [0, 0.1) is 0 Å². The van der Waals surface area contributed by atoms with Crippen LogP contribution < -0.4 is 15.0 Å². The molecule has 0 N–H and O–H groups in total. The van der Waals surface area contributed by atoms with Gasteiger partial charge in [0.15, 0.2) is 5.76 Å². The topological polar surface area (TPSA) is 78.8 Å². The lowest BCUT2D eigenvalue weighted by atomic mass is 10.2. The molecule has 9 heteroatoms. The molecule has 0 amide bonds. The molecule has 0 saturated heterocycles. The Balaban J connectivity index is 1.72. The molecule has 0 spiro atoms. The number of benzene rings is 3. The van der Waals surface area contributed by atoms with Gasteiger partial charge in [-0.2, -0.15) is 9.78 Å². The van der Waals surface area contributed by atoms with Gasteiger partial charge in [-0.15, -0.1) is 0 Å². The highest BCUT2D eigenvalue weighted by Gasteiger charge is 2.17. The van der Waals surface area contributed by atoms with Gasteiger partial charge >= 0.3 is 0 Å². The molecular weight excluding hydrogens is 522 g/mol. The molecule has 3 aromatic carbocycles. The molecule has 5 aromatic rings. The van der Waals surface area contributed by atoms with E-state index in [0.717, 1.165) is 9.86 Å². The highest BCUT2D eigenvalue weighted by molar-refractivity contribution is 9.10. The zero-order valence-electron chi connectivity index (χ0n) is 18.1. The van der Waals surface area contributed by atoms with Crippen LogP contribution in [0.15, 0.2) is 79.4 Å². The van der Waals surface area contributed by atoms with E-state index in [1.807, 2.05) is 6.07 Å². The van der Waals surface area contributed by atoms with E-state index in [9.17, 15) is 4.79 Å². The monoisotopic (exact) mass is 537 g/mol. The number of rotatable bonds is 5. The van der Waals surface area contributed by atoms with Crippen LogP contribution in [-0.4, -0.2) is 30.1 Å². The van der Waals surface area contributed by atoms with Crippen molar-refractivity contribution in [3.63, 3.8) is 0 Å². The fourth-order valence-corrected chi connectivity index (χ4v) is 4.32. The minimum Gasteiger partial charge on any atom is -0.496 e. The Morgan fingerprint density at radius 1 is 1.06 bits per heavy atom. The summed E-state index contributed by atoms with van der Waals surface area (Å²) >= 11 is 9.60. The maximum absolute atomic E-state index is 13.4. The molecule has 170 valence electrons. The van der Waals surface area contributed by atoms with Gasteiger partial charge in [0.05, 0.1) is 35.8 Å². The van der Waals surface area contributed by atoms with Crippen LogP contribution in [-0.2, 0) is 0 Å². The van der Waals surface area contributed by atoms with E-state index in [4.69, 9.17) is 25.5 Å². The third-order valence-electron chi connectivity index (χ3n) is 5.27. The molecule has 0 saturated carbocycles. The third kappa shape index (κ3) is 3.95. The molecule has 2 aromatic heterocycles. The van der Waals surface area contributed by atoms with Gasteiger partial charge < -0.3 is 13.9 Å². The SMILES string of the molecule is COc1cc(OC)c(C=Nn2c(-c3cc4cc(Cl)ccc4o3)nc3ccccc3c2=O)cc1Br. The van der Waals surface area contributed by atoms with Crippen molar-refractivity contribution in [2.24, 2.45) is 5.10 Å². The zero-order chi connectivity index (χ0) is 23.8. The molecule has 0 atom stereocenters. The first-order valence-corrected chi connectivity index (χ1v) is 11.3. The number of methoxy groups -OCH3 is 2. The van der Waals surface area contributed by atoms with Crippen molar-refractivity contribution in [2.75, 3.05) is 14.2 Å². The summed E-state index contributed by atoms with van der Waals surface area (Å²) < 4.78 is 18.7. The van der Waals surface area contributed by atoms with E-state index >= 15 is 0 Å². The summed E-state index contributed by atoms with van der Waals surface area (Å²) in [6.07, 6.45) is 1.53. The van der Waals surface area contributed by atoms with Gasteiger partial charge in [-0.1, -0.05) is 23.7 Å². The number of fused-ring (bicyclic) bond motifs is 2. The molecule has 0 aliphatic carbocycles. The third-order valence-corrected chi connectivity index (χ3v) is 6.12. The van der Waals surface area contributed by atoms with Crippen molar-refractivity contribution in [3.8, 4) is 23.1 Å². The zero-order valence-corrected chi connectivity index (χ0v) is 20.4. The normalized spacial score (nSPS) is 11.5. The van der Waals surface area contributed by atoms with Crippen molar-refractivity contribution < 1.29 is 13.9 Å². The van der Waals surface area contributed by atoms with Crippen LogP contribution in [0.4, 0.5) is 0 Å². The maximum Gasteiger partial charge on any atom is 0.282 e. The second-order valence-corrected chi connectivity index (χ2v) is 8.63. The lowest BCUT2D eigenvalue weighted by molar-refractivity contribution is 0.392. The molecule has 7 nitrogen and oxygen atoms in total. The number of ether oxygens (including phenoxy) is 2. The predicted octanol–water partition coefficient (Wildman–Crippen LogP) is 6.13. The summed E-state index contributed by atoms with van der Waals surface area (Å²) in [5.74, 6) is 1.80. The summed E-state index contributed by atoms with van der Waals surface area (Å²) in [7, 11) is 3.12. The molecule has 0 aliphatic rings. The Morgan fingerprint density at radius 2 is 1.85 bits per heavy atom. The Hall–Kier alpha value is -3.62. The molecule has 34 heavy (non-hydrogen) atoms. The van der Waals surface area contributed by atoms with Crippen LogP contribution in [0.1, 0.15) is 5.56 Å². The van der Waals surface area contributed by atoms with Gasteiger partial charge in [0.1, 0.15) is 17.1 Å². The summed E-state index contributed by atoms with van der Waals surface area (Å²) in [5.41, 5.74) is 1.47. The van der Waals surface area contributed by atoms with Crippen LogP contribution in [0.2, 0.25) is 5.02 Å². The Morgan fingerprint density at radius 3 is 2.65 bits per heavy atom. The molecule has 0 bridgehead atoms. The number of hydrogen-bond donors (Lipinski definition) is 0. The first kappa shape index (κ1) is 22.2. The molecular formula is C25H17BrClN3O4. The standard InChI is InChI=1S/C25H17BrClN3O4/c1-32-21-12-22(33-2)18(26)10-15(21)13-28-30-24(29-19-6-4-3-5-17(19)25(30)31)23-11-14-9-16(27)7-8-20(14)34-23/h3-13H,1-2H3. The van der Waals surface area contributed by atoms with Crippen LogP contribution in [0.5, 0.6) is 11.5 Å². The van der Waals surface area contributed by atoms with Crippen LogP contribution >= 0.6 is 27.5 Å². The minimum atomic E-state index is -0.332. The van der Waals surface area contributed by atoms with Crippen molar-refractivity contribution >= 4 is 55.6 Å². The quantitative estimate of drug-likeness (QED) is 0.252. The van der Waals surface area contributed by atoms with Gasteiger partial charge in [-0.05, 0) is 58.4 Å². The molecule has 0 radical (unpaired) electrons. The summed E-state index contributed by atoms with van der Waals surface area (Å²) in [6.45, 7) is 0. The lowest BCUT2D eigenvalue weighted by Crippen LogP contribution is -2.20. The number of aromatic nitrogens is 2. The fraction of sp³-hybridized carbons (Fsp3) is 0.0800. The molecule has 2 heterocycles. The average Bonchev–Trinajstić information content (AvgIpc) is 3.26. The largest absolute Gasteiger partial charge is 0.496 e. The van der Waals surface area contributed by atoms with Crippen molar-refractivity contribution in [3.05, 3.63) is 86.1 Å². The van der Waals surface area contributed by atoms with Crippen molar-refractivity contribution in [2.45, 2.75) is 0 Å². The number of para-hydroxylation sites is 1. The van der Waals surface area contributed by atoms with E-state index < -0.39 is 0 Å². The lowest BCUT2D eigenvalue weighted by Gasteiger charge is -2.10. The Labute approximate surface area is 207 Å². The maximum atomic E-state index is 13.4. The first-order chi connectivity index (χ1) is 16.5. The highest BCUT2D eigenvalue weighted by atomic mass is 79.9. The number of halogens is 2. The van der Waals surface area contributed by atoms with Gasteiger partial charge in [0.25, 0.3) is 5.56 Å². The molecule has 0 aliphatic heterocycles. The first-order valence-electron chi connectivity index (χ1n) is 10.2. The second-order valence-electron chi connectivity index (χ2n) is 7.34. The summed E-state index contributed by atoms with van der Waals surface area (Å²) in [5, 5.41) is 6.30. The number of furan rings is 1. The van der Waals surface area contributed by atoms with E-state index in [1.54, 1.807) is 68.8 Å². The second kappa shape index (κ2) is 8.96. The Kier molecular flexibility index (Phi) is 5.85. The summed E-state index contributed by atoms with van der Waals surface area (Å²) in [4.78, 5) is 18.1. The van der Waals surface area contributed by atoms with Crippen LogP contribution in [0.3, 0.4) is 0 Å². The van der Waals surface area contributed by atoms with Gasteiger partial charge in [-0.25, -0.2) is 4.98 Å². The van der Waals surface area contributed by atoms with E-state index in [-0.39, 0.29) is 11.4 Å². The average molecular weight is 539 g/mol. The predicted molar refractivity (Wildman–Crippen MR) is 136 cm³/mol. The fourth-order valence-electron chi connectivity index (χ4n) is 3.62. The van der Waals surface area contributed by atoms with Crippen molar-refractivity contribution in [1.82, 2.24) is 9.66 Å². The van der Waals surface area contributed by atoms with Gasteiger partial charge in [0, 0.05) is 22.0 Å². The minimum absolute atomic E-state index is 0.263. The van der Waals surface area contributed by atoms with E-state index in [0.29, 0.717) is 44.3 Å². The molecule has 0 fully saturated rings. The number of nitrogens with zero attached hydrogens (tertiary/aromatic N) is 3. The van der Waals surface area contributed by atoms with E-state index in [2.05, 4.69) is 26.0 Å². The van der Waals surface area contributed by atoms with Gasteiger partial charge in [-0.3, -0.25) is 4.79 Å². The van der Waals surface area contributed by atoms with Crippen molar-refractivity contribution in [1.29, 1.82) is 0 Å². The molecule has 0 unspecified atom stereocenters. The van der Waals surface area contributed by atoms with Gasteiger partial charge in [0.2, 0.25) is 5.82 Å². The van der Waals surface area contributed by atoms with E-state index in [1.165, 1.54) is 10.9 Å². The van der Waals surface area contributed by atoms with Crippen LogP contribution in [0.25, 0.3) is 33.5 Å². The highest BCUT2D eigenvalue weighted by Crippen LogP contribution is 2.32. The smallest absolute Gasteiger partial charge is 0.282 e.